The quantitative estimate of drug-likeness (QED) is 0.592. The first kappa shape index (κ1) is 17.5. The number of carbonyl (C=O) groups is 1. The zero-order valence-electron chi connectivity index (χ0n) is 16.1. The third-order valence-corrected chi connectivity index (χ3v) is 8.91. The van der Waals surface area contributed by atoms with E-state index in [1.54, 1.807) is 0 Å². The lowest BCUT2D eigenvalue weighted by Gasteiger charge is -2.57. The molecule has 0 saturated heterocycles. The number of carbonyl (C=O) groups excluding carboxylic acids is 1. The number of allylic oxidation sites excluding steroid dienone is 4. The van der Waals surface area contributed by atoms with Gasteiger partial charge in [0.15, 0.2) is 0 Å². The number of aliphatic hydroxyl groups is 1. The molecule has 138 valence electrons. The molecule has 1 N–H and O–H groups in total. The molecule has 3 saturated carbocycles. The van der Waals surface area contributed by atoms with Crippen LogP contribution < -0.4 is 0 Å². The van der Waals surface area contributed by atoms with Gasteiger partial charge in [-0.05, 0) is 73.5 Å². The molecular weight excluding hydrogens is 308 g/mol. The number of fused-ring (bicyclic) bond motifs is 5. The number of aliphatic hydroxyl groups excluding tert-OH is 1. The summed E-state index contributed by atoms with van der Waals surface area (Å²) < 4.78 is 0. The fraction of sp³-hybridized carbons (Fsp3) is 0.783. The molecule has 25 heavy (non-hydrogen) atoms. The van der Waals surface area contributed by atoms with Crippen molar-refractivity contribution in [1.29, 1.82) is 0 Å². The molecule has 0 aromatic rings. The highest BCUT2D eigenvalue weighted by atomic mass is 16.3. The van der Waals surface area contributed by atoms with Crippen LogP contribution in [0.25, 0.3) is 0 Å². The largest absolute Gasteiger partial charge is 0.396 e. The van der Waals surface area contributed by atoms with Crippen molar-refractivity contribution in [1.82, 2.24) is 0 Å². The fourth-order valence-electron chi connectivity index (χ4n) is 7.54. The zero-order valence-corrected chi connectivity index (χ0v) is 16.1. The van der Waals surface area contributed by atoms with Gasteiger partial charge in [-0.2, -0.15) is 0 Å². The van der Waals surface area contributed by atoms with E-state index in [9.17, 15) is 9.90 Å². The molecule has 4 rings (SSSR count). The van der Waals surface area contributed by atoms with Crippen molar-refractivity contribution in [3.63, 3.8) is 0 Å². The second-order valence-corrected chi connectivity index (χ2v) is 9.85. The second-order valence-electron chi connectivity index (χ2n) is 9.85. The van der Waals surface area contributed by atoms with E-state index >= 15 is 0 Å². The lowest BCUT2D eigenvalue weighted by molar-refractivity contribution is -0.109. The van der Waals surface area contributed by atoms with E-state index in [0.717, 1.165) is 24.0 Å². The first-order chi connectivity index (χ1) is 11.9. The minimum absolute atomic E-state index is 0.00486. The Morgan fingerprint density at radius 2 is 2.04 bits per heavy atom. The first-order valence-electron chi connectivity index (χ1n) is 10.4. The summed E-state index contributed by atoms with van der Waals surface area (Å²) in [5.41, 5.74) is 2.12. The maximum absolute atomic E-state index is 11.2. The van der Waals surface area contributed by atoms with Crippen molar-refractivity contribution in [3.05, 3.63) is 23.8 Å². The molecule has 0 heterocycles. The van der Waals surface area contributed by atoms with Gasteiger partial charge in [0.25, 0.3) is 0 Å². The van der Waals surface area contributed by atoms with Crippen molar-refractivity contribution in [2.45, 2.75) is 59.3 Å². The first-order valence-corrected chi connectivity index (χ1v) is 10.4. The molecule has 2 heteroatoms. The predicted molar refractivity (Wildman–Crippen MR) is 101 cm³/mol. The summed E-state index contributed by atoms with van der Waals surface area (Å²) in [5, 5.41) is 9.73. The molecule has 0 aliphatic heterocycles. The number of hydrogen-bond acceptors (Lipinski definition) is 2. The Labute approximate surface area is 152 Å². The Bertz CT molecular complexity index is 605. The van der Waals surface area contributed by atoms with Crippen molar-refractivity contribution in [2.24, 2.45) is 46.3 Å². The molecule has 4 aliphatic rings. The van der Waals surface area contributed by atoms with E-state index in [2.05, 4.69) is 39.0 Å². The number of aldehydes is 1. The second kappa shape index (κ2) is 6.08. The average molecular weight is 343 g/mol. The Morgan fingerprint density at radius 3 is 2.76 bits per heavy atom. The van der Waals surface area contributed by atoms with Gasteiger partial charge in [0.1, 0.15) is 6.29 Å². The maximum Gasteiger partial charge on any atom is 0.130 e. The van der Waals surface area contributed by atoms with Gasteiger partial charge in [0.05, 0.1) is 5.92 Å². The third kappa shape index (κ3) is 2.43. The summed E-state index contributed by atoms with van der Waals surface area (Å²) in [4.78, 5) is 11.2. The molecular formula is C23H34O2. The minimum Gasteiger partial charge on any atom is -0.396 e. The summed E-state index contributed by atoms with van der Waals surface area (Å²) in [5.74, 6) is 3.49. The van der Waals surface area contributed by atoms with Crippen LogP contribution in [0.2, 0.25) is 0 Å². The van der Waals surface area contributed by atoms with Crippen LogP contribution in [-0.4, -0.2) is 18.0 Å². The van der Waals surface area contributed by atoms with Gasteiger partial charge in [0.2, 0.25) is 0 Å². The summed E-state index contributed by atoms with van der Waals surface area (Å²) in [6.45, 7) is 7.54. The highest BCUT2D eigenvalue weighted by Crippen LogP contribution is 2.67. The summed E-state index contributed by atoms with van der Waals surface area (Å²) >= 11 is 0. The van der Waals surface area contributed by atoms with Crippen molar-refractivity contribution in [2.75, 3.05) is 6.61 Å². The molecule has 0 radical (unpaired) electrons. The molecule has 3 fully saturated rings. The highest BCUT2D eigenvalue weighted by Gasteiger charge is 2.58. The lowest BCUT2D eigenvalue weighted by Crippen LogP contribution is -2.50. The van der Waals surface area contributed by atoms with Crippen molar-refractivity contribution >= 4 is 6.29 Å². The third-order valence-electron chi connectivity index (χ3n) is 8.91. The van der Waals surface area contributed by atoms with E-state index in [1.165, 1.54) is 44.1 Å². The van der Waals surface area contributed by atoms with Crippen LogP contribution in [0.5, 0.6) is 0 Å². The lowest BCUT2D eigenvalue weighted by atomic mass is 9.47. The van der Waals surface area contributed by atoms with Gasteiger partial charge < -0.3 is 9.90 Å². The topological polar surface area (TPSA) is 37.3 Å². The Hall–Kier alpha value is -0.890. The van der Waals surface area contributed by atoms with E-state index in [4.69, 9.17) is 0 Å². The Kier molecular flexibility index (Phi) is 4.26. The molecule has 0 amide bonds. The maximum atomic E-state index is 11.2. The van der Waals surface area contributed by atoms with Gasteiger partial charge >= 0.3 is 0 Å². The highest BCUT2D eigenvalue weighted by molar-refractivity contribution is 5.61. The van der Waals surface area contributed by atoms with Gasteiger partial charge in [-0.15, -0.1) is 0 Å². The van der Waals surface area contributed by atoms with Crippen LogP contribution in [-0.2, 0) is 4.79 Å². The predicted octanol–water partition coefficient (Wildman–Crippen LogP) is 4.78. The molecule has 4 aliphatic carbocycles. The molecule has 2 nitrogen and oxygen atoms in total. The normalized spacial score (nSPS) is 49.6. The standard InChI is InChI=1S/C23H34O2/c1-15(13-24)19-6-7-20-18-5-4-17-12-16(14-25)8-10-22(17,2)21(18)9-11-23(19,20)3/h8,10,12,14-16,18-21,24H,4-7,9,11,13H2,1-3H3/t15?,16?,18-,19+,20-,21-,22-,23+/m0/s1. The van der Waals surface area contributed by atoms with Gasteiger partial charge in [0, 0.05) is 12.0 Å². The van der Waals surface area contributed by atoms with Crippen molar-refractivity contribution in [3.8, 4) is 0 Å². The SMILES string of the molecule is CC(CO)[C@H]1CC[C@H]2[C@@H]3CCC4=CC(C=O)C=C[C@]4(C)[C@H]3CC[C@]12C. The van der Waals surface area contributed by atoms with E-state index in [1.807, 2.05) is 0 Å². The van der Waals surface area contributed by atoms with Crippen LogP contribution in [0, 0.1) is 46.3 Å². The van der Waals surface area contributed by atoms with Crippen LogP contribution in [0.15, 0.2) is 23.8 Å². The van der Waals surface area contributed by atoms with E-state index in [-0.39, 0.29) is 11.3 Å². The van der Waals surface area contributed by atoms with Crippen LogP contribution >= 0.6 is 0 Å². The fourth-order valence-corrected chi connectivity index (χ4v) is 7.54. The number of hydrogen-bond donors (Lipinski definition) is 1. The molecule has 0 aromatic heterocycles. The van der Waals surface area contributed by atoms with E-state index < -0.39 is 0 Å². The molecule has 2 unspecified atom stereocenters. The smallest absolute Gasteiger partial charge is 0.130 e. The van der Waals surface area contributed by atoms with Gasteiger partial charge in [-0.3, -0.25) is 0 Å². The summed E-state index contributed by atoms with van der Waals surface area (Å²) in [6, 6.07) is 0. The zero-order chi connectivity index (χ0) is 17.8. The van der Waals surface area contributed by atoms with E-state index in [0.29, 0.717) is 23.9 Å². The monoisotopic (exact) mass is 342 g/mol. The van der Waals surface area contributed by atoms with Gasteiger partial charge in [-0.1, -0.05) is 44.6 Å². The minimum atomic E-state index is -0.00486. The Balaban J connectivity index is 1.63. The van der Waals surface area contributed by atoms with Crippen molar-refractivity contribution < 1.29 is 9.90 Å². The van der Waals surface area contributed by atoms with Crippen LogP contribution in [0.1, 0.15) is 59.3 Å². The average Bonchev–Trinajstić information content (AvgIpc) is 2.97. The molecule has 0 aromatic carbocycles. The Morgan fingerprint density at radius 1 is 1.24 bits per heavy atom. The van der Waals surface area contributed by atoms with Crippen LogP contribution in [0.3, 0.4) is 0 Å². The molecule has 8 atom stereocenters. The summed E-state index contributed by atoms with van der Waals surface area (Å²) in [7, 11) is 0. The summed E-state index contributed by atoms with van der Waals surface area (Å²) in [6.07, 6.45) is 15.6. The number of rotatable bonds is 3. The van der Waals surface area contributed by atoms with Gasteiger partial charge in [-0.25, -0.2) is 0 Å². The molecule has 0 bridgehead atoms. The van der Waals surface area contributed by atoms with Crippen LogP contribution in [0.4, 0.5) is 0 Å². The molecule has 0 spiro atoms.